The van der Waals surface area contributed by atoms with Crippen molar-refractivity contribution in [3.63, 3.8) is 0 Å². The number of amides is 2. The molecule has 2 rings (SSSR count). The molecule has 1 aromatic carbocycles. The number of hydrogen-bond acceptors (Lipinski definition) is 5. The zero-order chi connectivity index (χ0) is 20.0. The number of carbonyl (C=O) groups is 2. The van der Waals surface area contributed by atoms with Gasteiger partial charge in [0.1, 0.15) is 10.8 Å². The summed E-state index contributed by atoms with van der Waals surface area (Å²) in [6.45, 7) is 7.43. The first-order valence-electron chi connectivity index (χ1n) is 8.50. The van der Waals surface area contributed by atoms with Crippen LogP contribution < -0.4 is 10.7 Å². The zero-order valence-electron chi connectivity index (χ0n) is 15.8. The van der Waals surface area contributed by atoms with Crippen LogP contribution in [0.25, 0.3) is 10.9 Å². The number of hydrogen-bond donors (Lipinski definition) is 2. The molecule has 7 nitrogen and oxygen atoms in total. The molecule has 2 aromatic rings. The van der Waals surface area contributed by atoms with Crippen molar-refractivity contribution < 1.29 is 14.3 Å². The Morgan fingerprint density at radius 3 is 2.74 bits per heavy atom. The van der Waals surface area contributed by atoms with Crippen molar-refractivity contribution >= 4 is 40.7 Å². The summed E-state index contributed by atoms with van der Waals surface area (Å²) in [5.74, 6) is -0.345. The number of aryl methyl sites for hydroxylation is 1. The lowest BCUT2D eigenvalue weighted by Crippen LogP contribution is -2.34. The Kier molecular flexibility index (Phi) is 6.74. The Labute approximate surface area is 163 Å². The predicted molar refractivity (Wildman–Crippen MR) is 106 cm³/mol. The Hall–Kier alpha value is -2.67. The predicted octanol–water partition coefficient (Wildman–Crippen LogP) is 3.56. The molecule has 1 heterocycles. The van der Waals surface area contributed by atoms with Crippen LogP contribution in [0.2, 0.25) is 5.15 Å². The van der Waals surface area contributed by atoms with Crippen LogP contribution in [0.15, 0.2) is 29.4 Å². The molecule has 0 unspecified atom stereocenters. The molecule has 0 bridgehead atoms. The Bertz CT molecular complexity index is 875. The van der Waals surface area contributed by atoms with Crippen molar-refractivity contribution in [2.45, 2.75) is 39.7 Å². The molecule has 8 heteroatoms. The first-order chi connectivity index (χ1) is 12.6. The van der Waals surface area contributed by atoms with E-state index in [-0.39, 0.29) is 18.9 Å². The SMILES string of the molecule is Cc1ccc2cc(C=NNC(=O)CCNC(=O)OC(C)(C)C)c(Cl)nc2c1. The summed E-state index contributed by atoms with van der Waals surface area (Å²) >= 11 is 6.17. The van der Waals surface area contributed by atoms with Gasteiger partial charge in [0.25, 0.3) is 0 Å². The number of alkyl carbamates (subject to hydrolysis) is 1. The molecule has 0 atom stereocenters. The van der Waals surface area contributed by atoms with Gasteiger partial charge in [0.15, 0.2) is 0 Å². The molecule has 0 aliphatic carbocycles. The van der Waals surface area contributed by atoms with Gasteiger partial charge in [-0.2, -0.15) is 5.10 Å². The lowest BCUT2D eigenvalue weighted by molar-refractivity contribution is -0.120. The monoisotopic (exact) mass is 390 g/mol. The van der Waals surface area contributed by atoms with Gasteiger partial charge in [0.2, 0.25) is 5.91 Å². The zero-order valence-corrected chi connectivity index (χ0v) is 16.6. The molecule has 0 spiro atoms. The summed E-state index contributed by atoms with van der Waals surface area (Å²) in [5, 5.41) is 7.63. The largest absolute Gasteiger partial charge is 0.444 e. The second-order valence-corrected chi connectivity index (χ2v) is 7.39. The van der Waals surface area contributed by atoms with Gasteiger partial charge in [-0.3, -0.25) is 4.79 Å². The van der Waals surface area contributed by atoms with E-state index in [4.69, 9.17) is 16.3 Å². The molecule has 0 aliphatic rings. The van der Waals surface area contributed by atoms with E-state index in [0.717, 1.165) is 16.5 Å². The van der Waals surface area contributed by atoms with Gasteiger partial charge in [-0.15, -0.1) is 0 Å². The highest BCUT2D eigenvalue weighted by molar-refractivity contribution is 6.32. The van der Waals surface area contributed by atoms with E-state index in [0.29, 0.717) is 10.7 Å². The van der Waals surface area contributed by atoms with Crippen LogP contribution in [0.5, 0.6) is 0 Å². The van der Waals surface area contributed by atoms with Crippen molar-refractivity contribution in [1.29, 1.82) is 0 Å². The third-order valence-corrected chi connectivity index (χ3v) is 3.67. The maximum Gasteiger partial charge on any atom is 0.407 e. The molecule has 27 heavy (non-hydrogen) atoms. The molecule has 0 aliphatic heterocycles. The molecule has 2 N–H and O–H groups in total. The molecule has 0 radical (unpaired) electrons. The number of halogens is 1. The van der Waals surface area contributed by atoms with E-state index in [1.54, 1.807) is 20.8 Å². The van der Waals surface area contributed by atoms with Gasteiger partial charge in [-0.1, -0.05) is 23.7 Å². The number of nitrogens with one attached hydrogen (secondary N) is 2. The van der Waals surface area contributed by atoms with Crippen molar-refractivity contribution in [3.05, 3.63) is 40.5 Å². The quantitative estimate of drug-likeness (QED) is 0.463. The van der Waals surface area contributed by atoms with Crippen LogP contribution in [0.3, 0.4) is 0 Å². The van der Waals surface area contributed by atoms with Crippen LogP contribution in [-0.2, 0) is 9.53 Å². The Morgan fingerprint density at radius 1 is 1.30 bits per heavy atom. The maximum atomic E-state index is 11.8. The number of aromatic nitrogens is 1. The number of hydrazone groups is 1. The van der Waals surface area contributed by atoms with Crippen molar-refractivity contribution in [3.8, 4) is 0 Å². The van der Waals surface area contributed by atoms with Crippen LogP contribution in [0.1, 0.15) is 38.3 Å². The Morgan fingerprint density at radius 2 is 2.04 bits per heavy atom. The highest BCUT2D eigenvalue weighted by atomic mass is 35.5. The minimum Gasteiger partial charge on any atom is -0.444 e. The lowest BCUT2D eigenvalue weighted by atomic mass is 10.1. The number of benzene rings is 1. The Balaban J connectivity index is 1.85. The van der Waals surface area contributed by atoms with Crippen LogP contribution in [0.4, 0.5) is 4.79 Å². The molecular weight excluding hydrogens is 368 g/mol. The summed E-state index contributed by atoms with van der Waals surface area (Å²) in [7, 11) is 0. The molecule has 2 amide bonds. The van der Waals surface area contributed by atoms with Gasteiger partial charge in [-0.25, -0.2) is 15.2 Å². The summed E-state index contributed by atoms with van der Waals surface area (Å²) < 4.78 is 5.08. The summed E-state index contributed by atoms with van der Waals surface area (Å²) in [6.07, 6.45) is 0.941. The first-order valence-corrected chi connectivity index (χ1v) is 8.87. The van der Waals surface area contributed by atoms with Gasteiger partial charge in [0.05, 0.1) is 11.7 Å². The fraction of sp³-hybridized carbons (Fsp3) is 0.368. The summed E-state index contributed by atoms with van der Waals surface area (Å²) in [5.41, 5.74) is 4.30. The van der Waals surface area contributed by atoms with Gasteiger partial charge >= 0.3 is 6.09 Å². The minimum absolute atomic E-state index is 0.0690. The average molecular weight is 391 g/mol. The summed E-state index contributed by atoms with van der Waals surface area (Å²) in [4.78, 5) is 27.6. The second kappa shape index (κ2) is 8.81. The van der Waals surface area contributed by atoms with Crippen molar-refractivity contribution in [2.24, 2.45) is 5.10 Å². The van der Waals surface area contributed by atoms with E-state index in [2.05, 4.69) is 20.8 Å². The normalized spacial score (nSPS) is 11.6. The van der Waals surface area contributed by atoms with Crippen LogP contribution >= 0.6 is 11.6 Å². The number of rotatable bonds is 5. The van der Waals surface area contributed by atoms with E-state index >= 15 is 0 Å². The van der Waals surface area contributed by atoms with Crippen LogP contribution in [-0.4, -0.2) is 35.3 Å². The molecular formula is C19H23ClN4O3. The number of nitrogens with zero attached hydrogens (tertiary/aromatic N) is 2. The standard InChI is InChI=1S/C19H23ClN4O3/c1-12-5-6-13-10-14(17(20)23-15(13)9-12)11-22-24-16(25)7-8-21-18(26)27-19(2,3)4/h5-6,9-11H,7-8H2,1-4H3,(H,21,26)(H,24,25). The highest BCUT2D eigenvalue weighted by Gasteiger charge is 2.15. The molecule has 144 valence electrons. The van der Waals surface area contributed by atoms with E-state index in [9.17, 15) is 9.59 Å². The molecule has 1 aromatic heterocycles. The highest BCUT2D eigenvalue weighted by Crippen LogP contribution is 2.20. The lowest BCUT2D eigenvalue weighted by Gasteiger charge is -2.19. The fourth-order valence-electron chi connectivity index (χ4n) is 2.18. The van der Waals surface area contributed by atoms with Crippen LogP contribution in [0, 0.1) is 6.92 Å². The van der Waals surface area contributed by atoms with E-state index in [1.165, 1.54) is 6.21 Å². The number of ether oxygens (including phenoxy) is 1. The maximum absolute atomic E-state index is 11.8. The first kappa shape index (κ1) is 20.6. The minimum atomic E-state index is -0.581. The fourth-order valence-corrected chi connectivity index (χ4v) is 2.38. The van der Waals surface area contributed by atoms with Gasteiger partial charge in [-0.05, 0) is 45.4 Å². The van der Waals surface area contributed by atoms with Crippen molar-refractivity contribution in [1.82, 2.24) is 15.7 Å². The average Bonchev–Trinajstić information content (AvgIpc) is 2.53. The molecule has 0 saturated carbocycles. The van der Waals surface area contributed by atoms with E-state index < -0.39 is 11.7 Å². The molecule has 0 fully saturated rings. The number of fused-ring (bicyclic) bond motifs is 1. The molecule has 0 saturated heterocycles. The van der Waals surface area contributed by atoms with E-state index in [1.807, 2.05) is 31.2 Å². The van der Waals surface area contributed by atoms with Crippen molar-refractivity contribution in [2.75, 3.05) is 6.54 Å². The number of carbonyl (C=O) groups excluding carboxylic acids is 2. The third kappa shape index (κ3) is 6.86. The second-order valence-electron chi connectivity index (χ2n) is 7.04. The topological polar surface area (TPSA) is 92.7 Å². The third-order valence-electron chi connectivity index (χ3n) is 3.37. The van der Waals surface area contributed by atoms with Gasteiger partial charge < -0.3 is 10.1 Å². The summed E-state index contributed by atoms with van der Waals surface area (Å²) in [6, 6.07) is 7.73. The number of pyridine rings is 1. The smallest absolute Gasteiger partial charge is 0.407 e. The van der Waals surface area contributed by atoms with Gasteiger partial charge in [0, 0.05) is 23.9 Å².